The first kappa shape index (κ1) is 30.8. The van der Waals surface area contributed by atoms with Gasteiger partial charge in [-0.2, -0.15) is 9.97 Å². The summed E-state index contributed by atoms with van der Waals surface area (Å²) in [6.07, 6.45) is 0. The molecule has 0 spiro atoms. The maximum Gasteiger partial charge on any atom is 0.238 e. The highest BCUT2D eigenvalue weighted by Gasteiger charge is 2.23. The average Bonchev–Trinajstić information content (AvgIpc) is 3.84. The van der Waals surface area contributed by atoms with Gasteiger partial charge in [0.05, 0.1) is 11.0 Å². The van der Waals surface area contributed by atoms with Crippen molar-refractivity contribution in [3.63, 3.8) is 0 Å². The van der Waals surface area contributed by atoms with E-state index in [1.807, 2.05) is 18.2 Å². The highest BCUT2D eigenvalue weighted by atomic mass is 16.3. The number of aromatic nitrogens is 4. The second kappa shape index (κ2) is 11.9. The molecule has 260 valence electrons. The van der Waals surface area contributed by atoms with E-state index in [0.29, 0.717) is 17.6 Å². The Kier molecular flexibility index (Phi) is 6.56. The van der Waals surface area contributed by atoms with Crippen molar-refractivity contribution in [1.29, 1.82) is 0 Å². The summed E-state index contributed by atoms with van der Waals surface area (Å²) < 4.78 is 8.89. The summed E-state index contributed by atoms with van der Waals surface area (Å²) >= 11 is 0. The highest BCUT2D eigenvalue weighted by molar-refractivity contribution is 6.26. The Balaban J connectivity index is 1.23. The van der Waals surface area contributed by atoms with Crippen LogP contribution in [0.2, 0.25) is 0 Å². The summed E-state index contributed by atoms with van der Waals surface area (Å²) in [7, 11) is 0. The monoisotopic (exact) mass is 714 g/mol. The maximum absolute atomic E-state index is 6.64. The van der Waals surface area contributed by atoms with Gasteiger partial charge in [0.1, 0.15) is 11.2 Å². The fourth-order valence-corrected chi connectivity index (χ4v) is 8.67. The molecule has 0 fully saturated rings. The quantitative estimate of drug-likeness (QED) is 0.182. The van der Waals surface area contributed by atoms with Crippen LogP contribution >= 0.6 is 0 Å². The fraction of sp³-hybridized carbons (Fsp3) is 0. The molecule has 5 heteroatoms. The third-order valence-electron chi connectivity index (χ3n) is 11.2. The number of fused-ring (bicyclic) bond motifs is 12. The van der Waals surface area contributed by atoms with Crippen LogP contribution in [0.15, 0.2) is 186 Å². The van der Waals surface area contributed by atoms with E-state index in [-0.39, 0.29) is 0 Å². The number of hydrogen-bond acceptors (Lipinski definition) is 4. The van der Waals surface area contributed by atoms with Crippen LogP contribution in [0.3, 0.4) is 0 Å². The summed E-state index contributed by atoms with van der Waals surface area (Å²) in [5, 5.41) is 11.1. The molecule has 0 atom stereocenters. The largest absolute Gasteiger partial charge is 0.455 e. The van der Waals surface area contributed by atoms with Crippen LogP contribution in [0.4, 0.5) is 0 Å². The van der Waals surface area contributed by atoms with Crippen molar-refractivity contribution in [2.75, 3.05) is 0 Å². The highest BCUT2D eigenvalue weighted by Crippen LogP contribution is 2.43. The molecule has 0 saturated heterocycles. The molecule has 12 aromatic rings. The standard InChI is InChI=1S/C51H30N4O/c1-2-13-31(14-3-1)34-18-12-19-36(29-34)49-52-50(42-30-35-17-6-9-22-39(35)48-46(42)40-23-10-11-24-44(40)56-48)54-51(53-49)55-43-28-26-32-15-4-7-20-37(32)45(43)41-27-25-33-16-5-8-21-38(33)47(41)55/h1-30H. The Hall–Kier alpha value is -7.63. The normalized spacial score (nSPS) is 11.9. The van der Waals surface area contributed by atoms with E-state index in [9.17, 15) is 0 Å². The second-order valence-electron chi connectivity index (χ2n) is 14.4. The molecule has 0 aliphatic heterocycles. The number of benzene rings is 9. The lowest BCUT2D eigenvalue weighted by Gasteiger charge is -2.13. The smallest absolute Gasteiger partial charge is 0.238 e. The maximum atomic E-state index is 6.64. The lowest BCUT2D eigenvalue weighted by molar-refractivity contribution is 0.672. The van der Waals surface area contributed by atoms with Crippen LogP contribution in [0.1, 0.15) is 0 Å². The van der Waals surface area contributed by atoms with E-state index in [4.69, 9.17) is 19.4 Å². The van der Waals surface area contributed by atoms with Crippen LogP contribution in [0, 0.1) is 0 Å². The first-order valence-electron chi connectivity index (χ1n) is 18.9. The molecular formula is C51H30N4O. The fourth-order valence-electron chi connectivity index (χ4n) is 8.67. The predicted octanol–water partition coefficient (Wildman–Crippen LogP) is 13.3. The predicted molar refractivity (Wildman–Crippen MR) is 230 cm³/mol. The van der Waals surface area contributed by atoms with Gasteiger partial charge in [0.15, 0.2) is 11.6 Å². The zero-order valence-electron chi connectivity index (χ0n) is 30.0. The third kappa shape index (κ3) is 4.58. The molecule has 0 N–H and O–H groups in total. The molecule has 5 nitrogen and oxygen atoms in total. The van der Waals surface area contributed by atoms with Crippen LogP contribution in [-0.2, 0) is 0 Å². The van der Waals surface area contributed by atoms with Crippen molar-refractivity contribution in [2.45, 2.75) is 0 Å². The van der Waals surface area contributed by atoms with Crippen LogP contribution in [0.25, 0.3) is 116 Å². The first-order chi connectivity index (χ1) is 27.8. The van der Waals surface area contributed by atoms with Gasteiger partial charge >= 0.3 is 0 Å². The molecule has 0 bridgehead atoms. The van der Waals surface area contributed by atoms with E-state index in [0.717, 1.165) is 82.2 Å². The average molecular weight is 715 g/mol. The number of nitrogens with zero attached hydrogens (tertiary/aromatic N) is 4. The minimum Gasteiger partial charge on any atom is -0.455 e. The molecule has 12 rings (SSSR count). The Bertz CT molecular complexity index is 3540. The topological polar surface area (TPSA) is 56.7 Å². The van der Waals surface area contributed by atoms with Gasteiger partial charge in [-0.25, -0.2) is 4.98 Å². The van der Waals surface area contributed by atoms with Gasteiger partial charge in [-0.3, -0.25) is 4.57 Å². The molecular weight excluding hydrogens is 685 g/mol. The van der Waals surface area contributed by atoms with Gasteiger partial charge < -0.3 is 4.42 Å². The van der Waals surface area contributed by atoms with Crippen LogP contribution in [-0.4, -0.2) is 19.5 Å². The van der Waals surface area contributed by atoms with Crippen molar-refractivity contribution in [3.8, 4) is 39.9 Å². The third-order valence-corrected chi connectivity index (χ3v) is 11.2. The van der Waals surface area contributed by atoms with Gasteiger partial charge in [-0.1, -0.05) is 158 Å². The summed E-state index contributed by atoms with van der Waals surface area (Å²) in [6.45, 7) is 0. The zero-order valence-corrected chi connectivity index (χ0v) is 30.0. The lowest BCUT2D eigenvalue weighted by atomic mass is 9.99. The minimum atomic E-state index is 0.552. The summed E-state index contributed by atoms with van der Waals surface area (Å²) in [5.74, 6) is 1.72. The summed E-state index contributed by atoms with van der Waals surface area (Å²) in [5.41, 5.74) is 7.77. The van der Waals surface area contributed by atoms with Gasteiger partial charge in [0, 0.05) is 43.4 Å². The van der Waals surface area contributed by atoms with Gasteiger partial charge in [0.2, 0.25) is 5.95 Å². The molecule has 3 aromatic heterocycles. The van der Waals surface area contributed by atoms with Gasteiger partial charge in [0.25, 0.3) is 0 Å². The number of furan rings is 1. The van der Waals surface area contributed by atoms with Crippen molar-refractivity contribution in [3.05, 3.63) is 182 Å². The number of rotatable bonds is 4. The number of hydrogen-bond donors (Lipinski definition) is 0. The molecule has 3 heterocycles. The van der Waals surface area contributed by atoms with Gasteiger partial charge in [-0.15, -0.1) is 0 Å². The molecule has 0 saturated carbocycles. The van der Waals surface area contributed by atoms with Crippen molar-refractivity contribution in [1.82, 2.24) is 19.5 Å². The Labute approximate surface area is 320 Å². The molecule has 0 unspecified atom stereocenters. The molecule has 0 aliphatic carbocycles. The summed E-state index contributed by atoms with van der Waals surface area (Å²) in [4.78, 5) is 16.2. The Morgan fingerprint density at radius 3 is 1.89 bits per heavy atom. The van der Waals surface area contributed by atoms with Crippen LogP contribution in [0.5, 0.6) is 0 Å². The molecule has 56 heavy (non-hydrogen) atoms. The zero-order chi connectivity index (χ0) is 36.7. The summed E-state index contributed by atoms with van der Waals surface area (Å²) in [6, 6.07) is 63.8. The van der Waals surface area contributed by atoms with Crippen molar-refractivity contribution in [2.24, 2.45) is 0 Å². The molecule has 0 amide bonds. The lowest BCUT2D eigenvalue weighted by Crippen LogP contribution is -2.07. The molecule has 0 aliphatic rings. The van der Waals surface area contributed by atoms with E-state index < -0.39 is 0 Å². The molecule has 9 aromatic carbocycles. The Morgan fingerprint density at radius 1 is 0.393 bits per heavy atom. The van der Waals surface area contributed by atoms with Gasteiger partial charge in [-0.05, 0) is 56.9 Å². The second-order valence-corrected chi connectivity index (χ2v) is 14.4. The van der Waals surface area contributed by atoms with E-state index in [1.54, 1.807) is 0 Å². The van der Waals surface area contributed by atoms with Crippen molar-refractivity contribution >= 4 is 76.1 Å². The van der Waals surface area contributed by atoms with E-state index in [2.05, 4.69) is 168 Å². The van der Waals surface area contributed by atoms with E-state index >= 15 is 0 Å². The molecule has 0 radical (unpaired) electrons. The first-order valence-corrected chi connectivity index (χ1v) is 18.9. The van der Waals surface area contributed by atoms with Crippen molar-refractivity contribution < 1.29 is 4.42 Å². The Morgan fingerprint density at radius 2 is 1.04 bits per heavy atom. The minimum absolute atomic E-state index is 0.552. The van der Waals surface area contributed by atoms with Crippen LogP contribution < -0.4 is 0 Å². The van der Waals surface area contributed by atoms with E-state index in [1.165, 1.54) is 16.2 Å². The SMILES string of the molecule is c1ccc(-c2cccc(-c3nc(-c4cc5ccccc5c5oc6ccccc6c45)nc(-n4c5ccc6ccccc6c5c5ccc6ccccc6c54)n3)c2)cc1. The number of para-hydroxylation sites is 1.